The van der Waals surface area contributed by atoms with E-state index in [0.717, 1.165) is 19.5 Å². The third kappa shape index (κ3) is 5.32. The van der Waals surface area contributed by atoms with Gasteiger partial charge in [0.25, 0.3) is 0 Å². The van der Waals surface area contributed by atoms with E-state index in [1.807, 2.05) is 6.92 Å². The molecule has 0 spiro atoms. The van der Waals surface area contributed by atoms with Crippen molar-refractivity contribution in [3.05, 3.63) is 0 Å². The Hall–Kier alpha value is -0.660. The van der Waals surface area contributed by atoms with Crippen molar-refractivity contribution in [3.63, 3.8) is 0 Å². The average molecular weight is 277 g/mol. The molecular formula is C11H23N3O3S. The molecule has 1 fully saturated rings. The molecule has 0 aromatic carbocycles. The van der Waals surface area contributed by atoms with Crippen LogP contribution in [-0.4, -0.2) is 56.4 Å². The Morgan fingerprint density at radius 2 is 2.11 bits per heavy atom. The zero-order chi connectivity index (χ0) is 13.8. The number of carbonyl (C=O) groups is 1. The molecule has 1 aliphatic heterocycles. The molecule has 1 heterocycles. The Labute approximate surface area is 109 Å². The SMILES string of the molecule is CC(N)C1CCN(CCS(=O)(=O)CCC(N)=O)C1. The van der Waals surface area contributed by atoms with Gasteiger partial charge in [-0.3, -0.25) is 4.79 Å². The van der Waals surface area contributed by atoms with Gasteiger partial charge in [-0.2, -0.15) is 0 Å². The van der Waals surface area contributed by atoms with Crippen LogP contribution < -0.4 is 11.5 Å². The van der Waals surface area contributed by atoms with Crippen LogP contribution >= 0.6 is 0 Å². The van der Waals surface area contributed by atoms with E-state index < -0.39 is 15.7 Å². The van der Waals surface area contributed by atoms with Crippen LogP contribution in [-0.2, 0) is 14.6 Å². The number of likely N-dealkylation sites (tertiary alicyclic amines) is 1. The average Bonchev–Trinajstić information content (AvgIpc) is 2.73. The van der Waals surface area contributed by atoms with Gasteiger partial charge in [0.05, 0.1) is 11.5 Å². The largest absolute Gasteiger partial charge is 0.370 e. The van der Waals surface area contributed by atoms with Gasteiger partial charge in [0, 0.05) is 25.6 Å². The van der Waals surface area contributed by atoms with Gasteiger partial charge in [-0.25, -0.2) is 8.42 Å². The monoisotopic (exact) mass is 277 g/mol. The molecule has 106 valence electrons. The van der Waals surface area contributed by atoms with Crippen molar-refractivity contribution < 1.29 is 13.2 Å². The first kappa shape index (κ1) is 15.4. The van der Waals surface area contributed by atoms with Crippen molar-refractivity contribution >= 4 is 15.7 Å². The highest BCUT2D eigenvalue weighted by Gasteiger charge is 2.26. The van der Waals surface area contributed by atoms with E-state index >= 15 is 0 Å². The fourth-order valence-corrected chi connectivity index (χ4v) is 3.37. The number of nitrogens with zero attached hydrogens (tertiary/aromatic N) is 1. The molecule has 18 heavy (non-hydrogen) atoms. The predicted octanol–water partition coefficient (Wildman–Crippen LogP) is -1.05. The second-order valence-corrected chi connectivity index (χ2v) is 7.38. The maximum Gasteiger partial charge on any atom is 0.218 e. The van der Waals surface area contributed by atoms with Gasteiger partial charge in [0.2, 0.25) is 5.91 Å². The maximum atomic E-state index is 11.6. The van der Waals surface area contributed by atoms with Crippen LogP contribution in [0, 0.1) is 5.92 Å². The molecule has 0 saturated carbocycles. The molecule has 0 radical (unpaired) electrons. The summed E-state index contributed by atoms with van der Waals surface area (Å²) in [5.74, 6) is -0.172. The lowest BCUT2D eigenvalue weighted by Gasteiger charge is -2.17. The van der Waals surface area contributed by atoms with Gasteiger partial charge < -0.3 is 16.4 Å². The van der Waals surface area contributed by atoms with E-state index in [4.69, 9.17) is 11.5 Å². The Bertz CT molecular complexity index is 381. The second-order valence-electron chi connectivity index (χ2n) is 5.08. The lowest BCUT2D eigenvalue weighted by molar-refractivity contribution is -0.117. The molecule has 0 aliphatic carbocycles. The van der Waals surface area contributed by atoms with Gasteiger partial charge in [-0.1, -0.05) is 0 Å². The molecule has 0 bridgehead atoms. The van der Waals surface area contributed by atoms with Crippen molar-refractivity contribution in [2.24, 2.45) is 17.4 Å². The number of hydrogen-bond donors (Lipinski definition) is 2. The highest BCUT2D eigenvalue weighted by atomic mass is 32.2. The van der Waals surface area contributed by atoms with Crippen molar-refractivity contribution in [2.45, 2.75) is 25.8 Å². The molecule has 1 aliphatic rings. The predicted molar refractivity (Wildman–Crippen MR) is 70.7 cm³/mol. The van der Waals surface area contributed by atoms with Gasteiger partial charge in [0.15, 0.2) is 9.84 Å². The summed E-state index contributed by atoms with van der Waals surface area (Å²) in [6.45, 7) is 4.27. The van der Waals surface area contributed by atoms with Crippen LogP contribution in [0.3, 0.4) is 0 Å². The maximum absolute atomic E-state index is 11.6. The minimum Gasteiger partial charge on any atom is -0.370 e. The second kappa shape index (κ2) is 6.49. The number of sulfone groups is 1. The standard InChI is InChI=1S/C11H23N3O3S/c1-9(12)10-2-4-14(8-10)5-7-18(16,17)6-3-11(13)15/h9-10H,2-8,12H2,1H3,(H2,13,15). The fourth-order valence-electron chi connectivity index (χ4n) is 2.12. The van der Waals surface area contributed by atoms with Gasteiger partial charge in [-0.05, 0) is 25.8 Å². The van der Waals surface area contributed by atoms with E-state index in [9.17, 15) is 13.2 Å². The molecule has 1 saturated heterocycles. The van der Waals surface area contributed by atoms with E-state index in [2.05, 4.69) is 4.90 Å². The number of nitrogens with two attached hydrogens (primary N) is 2. The van der Waals surface area contributed by atoms with Gasteiger partial charge in [0.1, 0.15) is 0 Å². The molecular weight excluding hydrogens is 254 g/mol. The summed E-state index contributed by atoms with van der Waals surface area (Å²) in [7, 11) is -3.18. The van der Waals surface area contributed by atoms with Gasteiger partial charge >= 0.3 is 0 Å². The van der Waals surface area contributed by atoms with Crippen LogP contribution in [0.1, 0.15) is 19.8 Å². The molecule has 6 nitrogen and oxygen atoms in total. The lowest BCUT2D eigenvalue weighted by atomic mass is 10.0. The van der Waals surface area contributed by atoms with Crippen molar-refractivity contribution in [1.29, 1.82) is 0 Å². The molecule has 0 aromatic heterocycles. The molecule has 2 atom stereocenters. The molecule has 0 aromatic rings. The first-order valence-electron chi connectivity index (χ1n) is 6.27. The number of amides is 1. The minimum absolute atomic E-state index is 0.0892. The summed E-state index contributed by atoms with van der Waals surface area (Å²) >= 11 is 0. The Morgan fingerprint density at radius 3 is 2.61 bits per heavy atom. The number of rotatable bonds is 7. The van der Waals surface area contributed by atoms with Crippen molar-refractivity contribution in [2.75, 3.05) is 31.1 Å². The van der Waals surface area contributed by atoms with Gasteiger partial charge in [-0.15, -0.1) is 0 Å². The number of hydrogen-bond acceptors (Lipinski definition) is 5. The summed E-state index contributed by atoms with van der Waals surface area (Å²) < 4.78 is 23.3. The molecule has 1 amide bonds. The Morgan fingerprint density at radius 1 is 1.44 bits per heavy atom. The van der Waals surface area contributed by atoms with E-state index in [0.29, 0.717) is 12.5 Å². The summed E-state index contributed by atoms with van der Waals surface area (Å²) in [5, 5.41) is 0. The van der Waals surface area contributed by atoms with Crippen LogP contribution in [0.5, 0.6) is 0 Å². The number of carbonyl (C=O) groups excluding carboxylic acids is 1. The summed E-state index contributed by atoms with van der Waals surface area (Å²) in [4.78, 5) is 12.7. The highest BCUT2D eigenvalue weighted by Crippen LogP contribution is 2.18. The molecule has 1 rings (SSSR count). The van der Waals surface area contributed by atoms with Crippen LogP contribution in [0.2, 0.25) is 0 Å². The first-order chi connectivity index (χ1) is 8.30. The number of primary amides is 1. The molecule has 4 N–H and O–H groups in total. The zero-order valence-electron chi connectivity index (χ0n) is 10.8. The van der Waals surface area contributed by atoms with Crippen molar-refractivity contribution in [1.82, 2.24) is 4.90 Å². The minimum atomic E-state index is -3.18. The van der Waals surface area contributed by atoms with E-state index in [1.54, 1.807) is 0 Å². The smallest absolute Gasteiger partial charge is 0.218 e. The first-order valence-corrected chi connectivity index (χ1v) is 8.09. The van der Waals surface area contributed by atoms with E-state index in [-0.39, 0.29) is 24.0 Å². The third-order valence-corrected chi connectivity index (χ3v) is 5.06. The topological polar surface area (TPSA) is 106 Å². The quantitative estimate of drug-likeness (QED) is 0.617. The molecule has 7 heteroatoms. The zero-order valence-corrected chi connectivity index (χ0v) is 11.7. The summed E-state index contributed by atoms with van der Waals surface area (Å²) in [6.07, 6.45) is 0.934. The van der Waals surface area contributed by atoms with Crippen molar-refractivity contribution in [3.8, 4) is 0 Å². The highest BCUT2D eigenvalue weighted by molar-refractivity contribution is 7.91. The van der Waals surface area contributed by atoms with Crippen LogP contribution in [0.25, 0.3) is 0 Å². The van der Waals surface area contributed by atoms with Crippen LogP contribution in [0.15, 0.2) is 0 Å². The summed E-state index contributed by atoms with van der Waals surface area (Å²) in [5.41, 5.74) is 10.8. The Balaban J connectivity index is 2.31. The molecule has 2 unspecified atom stereocenters. The Kier molecular flexibility index (Phi) is 5.55. The van der Waals surface area contributed by atoms with Crippen LogP contribution in [0.4, 0.5) is 0 Å². The lowest BCUT2D eigenvalue weighted by Crippen LogP contribution is -2.32. The third-order valence-electron chi connectivity index (χ3n) is 3.43. The normalized spacial score (nSPS) is 23.1. The summed E-state index contributed by atoms with van der Waals surface area (Å²) in [6, 6.07) is 0.154. The fraction of sp³-hybridized carbons (Fsp3) is 0.909. The van der Waals surface area contributed by atoms with E-state index in [1.165, 1.54) is 0 Å².